The van der Waals surface area contributed by atoms with Gasteiger partial charge in [-0.25, -0.2) is 9.59 Å². The molecule has 7 heteroatoms. The highest BCUT2D eigenvalue weighted by atomic mass is 16.6. The summed E-state index contributed by atoms with van der Waals surface area (Å²) in [5, 5.41) is 9.20. The van der Waals surface area contributed by atoms with Crippen LogP contribution in [0.5, 0.6) is 0 Å². The van der Waals surface area contributed by atoms with Crippen LogP contribution in [0.15, 0.2) is 0 Å². The molecule has 19 heavy (non-hydrogen) atoms. The van der Waals surface area contributed by atoms with E-state index in [1.165, 1.54) is 4.90 Å². The first-order valence-electron chi connectivity index (χ1n) is 6.22. The summed E-state index contributed by atoms with van der Waals surface area (Å²) in [4.78, 5) is 24.7. The number of carbonyl (C=O) groups is 2. The van der Waals surface area contributed by atoms with Gasteiger partial charge in [-0.3, -0.25) is 4.90 Å². The molecule has 2 heterocycles. The third-order valence-electron chi connectivity index (χ3n) is 3.10. The van der Waals surface area contributed by atoms with Gasteiger partial charge in [-0.2, -0.15) is 0 Å². The van der Waals surface area contributed by atoms with E-state index < -0.39 is 29.4 Å². The molecule has 0 radical (unpaired) electrons. The third-order valence-corrected chi connectivity index (χ3v) is 3.10. The number of hydrogen-bond acceptors (Lipinski definition) is 5. The molecule has 2 aliphatic heterocycles. The van der Waals surface area contributed by atoms with Crippen molar-refractivity contribution in [2.45, 2.75) is 44.6 Å². The minimum Gasteiger partial charge on any atom is -0.480 e. The molecule has 2 aliphatic rings. The minimum absolute atomic E-state index is 0.0437. The Morgan fingerprint density at radius 3 is 2.58 bits per heavy atom. The number of rotatable bonds is 1. The second-order valence-electron chi connectivity index (χ2n) is 5.76. The number of aliphatic carboxylic acids is 1. The van der Waals surface area contributed by atoms with Crippen LogP contribution in [0, 0.1) is 0 Å². The molecule has 1 spiro atoms. The standard InChI is InChI=1S/C12H19NO6/c1-11(2,3)19-10(16)13-8(9(14)15)6-18-12(13)4-5-17-7-12/h8H,4-7H2,1-3H3,(H,14,15). The lowest BCUT2D eigenvalue weighted by Gasteiger charge is -2.35. The molecule has 2 fully saturated rings. The summed E-state index contributed by atoms with van der Waals surface area (Å²) >= 11 is 0. The quantitative estimate of drug-likeness (QED) is 0.761. The van der Waals surface area contributed by atoms with Crippen molar-refractivity contribution in [2.24, 2.45) is 0 Å². The Morgan fingerprint density at radius 1 is 1.42 bits per heavy atom. The molecule has 1 N–H and O–H groups in total. The van der Waals surface area contributed by atoms with Gasteiger partial charge in [-0.05, 0) is 20.8 Å². The van der Waals surface area contributed by atoms with Crippen molar-refractivity contribution in [2.75, 3.05) is 19.8 Å². The predicted molar refractivity (Wildman–Crippen MR) is 63.6 cm³/mol. The molecule has 2 saturated heterocycles. The van der Waals surface area contributed by atoms with Gasteiger partial charge in [0, 0.05) is 6.42 Å². The van der Waals surface area contributed by atoms with Crippen LogP contribution in [0.4, 0.5) is 4.79 Å². The average Bonchev–Trinajstić information content (AvgIpc) is 2.84. The third kappa shape index (κ3) is 2.66. The highest BCUT2D eigenvalue weighted by molar-refractivity contribution is 5.81. The number of nitrogens with zero attached hydrogens (tertiary/aromatic N) is 1. The molecule has 108 valence electrons. The second kappa shape index (κ2) is 4.64. The molecule has 0 aromatic carbocycles. The van der Waals surface area contributed by atoms with Crippen molar-refractivity contribution < 1.29 is 28.9 Å². The maximum atomic E-state index is 12.2. The zero-order chi connectivity index (χ0) is 14.3. The van der Waals surface area contributed by atoms with Crippen LogP contribution in [-0.2, 0) is 19.0 Å². The summed E-state index contributed by atoms with van der Waals surface area (Å²) in [6, 6.07) is -1.03. The first kappa shape index (κ1) is 14.1. The Hall–Kier alpha value is -1.34. The molecule has 7 nitrogen and oxygen atoms in total. The molecule has 1 amide bonds. The fourth-order valence-corrected chi connectivity index (χ4v) is 2.29. The predicted octanol–water partition coefficient (Wildman–Crippen LogP) is 0.824. The molecular weight excluding hydrogens is 254 g/mol. The Balaban J connectivity index is 2.24. The minimum atomic E-state index is -1.10. The summed E-state index contributed by atoms with van der Waals surface area (Å²) in [5.41, 5.74) is -1.69. The van der Waals surface area contributed by atoms with E-state index in [0.717, 1.165) is 0 Å². The van der Waals surface area contributed by atoms with Crippen molar-refractivity contribution in [1.82, 2.24) is 4.90 Å². The van der Waals surface area contributed by atoms with Crippen molar-refractivity contribution in [3.8, 4) is 0 Å². The van der Waals surface area contributed by atoms with Crippen LogP contribution in [-0.4, -0.2) is 59.3 Å². The van der Waals surface area contributed by atoms with Crippen molar-refractivity contribution in [3.05, 3.63) is 0 Å². The highest BCUT2D eigenvalue weighted by Gasteiger charge is 2.56. The number of amides is 1. The van der Waals surface area contributed by atoms with E-state index in [0.29, 0.717) is 13.0 Å². The fourth-order valence-electron chi connectivity index (χ4n) is 2.29. The second-order valence-corrected chi connectivity index (χ2v) is 5.76. The molecule has 0 saturated carbocycles. The maximum Gasteiger partial charge on any atom is 0.413 e. The zero-order valence-corrected chi connectivity index (χ0v) is 11.3. The summed E-state index contributed by atoms with van der Waals surface area (Å²) in [7, 11) is 0. The summed E-state index contributed by atoms with van der Waals surface area (Å²) in [6.45, 7) is 5.76. The van der Waals surface area contributed by atoms with E-state index in [2.05, 4.69) is 0 Å². The monoisotopic (exact) mass is 273 g/mol. The molecule has 0 aliphatic carbocycles. The molecule has 0 aromatic heterocycles. The van der Waals surface area contributed by atoms with Gasteiger partial charge in [0.2, 0.25) is 0 Å². The van der Waals surface area contributed by atoms with E-state index in [1.54, 1.807) is 20.8 Å². The average molecular weight is 273 g/mol. The number of carboxylic acid groups (broad SMARTS) is 1. The van der Waals surface area contributed by atoms with Gasteiger partial charge in [0.05, 0.1) is 19.8 Å². The molecular formula is C12H19NO6. The van der Waals surface area contributed by atoms with Gasteiger partial charge in [0.15, 0.2) is 11.8 Å². The highest BCUT2D eigenvalue weighted by Crippen LogP contribution is 2.36. The van der Waals surface area contributed by atoms with E-state index in [-0.39, 0.29) is 13.2 Å². The largest absolute Gasteiger partial charge is 0.480 e. The first-order valence-corrected chi connectivity index (χ1v) is 6.22. The zero-order valence-electron chi connectivity index (χ0n) is 11.3. The summed E-state index contributed by atoms with van der Waals surface area (Å²) in [5.74, 6) is -1.10. The Bertz CT molecular complexity index is 382. The molecule has 2 unspecified atom stereocenters. The van der Waals surface area contributed by atoms with E-state index in [1.807, 2.05) is 0 Å². The maximum absolute atomic E-state index is 12.2. The topological polar surface area (TPSA) is 85.3 Å². The lowest BCUT2D eigenvalue weighted by Crippen LogP contribution is -2.55. The number of ether oxygens (including phenoxy) is 3. The molecule has 2 rings (SSSR count). The lowest BCUT2D eigenvalue weighted by atomic mass is 10.1. The normalized spacial score (nSPS) is 30.9. The van der Waals surface area contributed by atoms with Gasteiger partial charge in [0.25, 0.3) is 0 Å². The number of carbonyl (C=O) groups excluding carboxylic acids is 1. The summed E-state index contributed by atoms with van der Waals surface area (Å²) in [6.07, 6.45) is -0.223. The van der Waals surface area contributed by atoms with Crippen LogP contribution in [0.3, 0.4) is 0 Å². The van der Waals surface area contributed by atoms with Crippen LogP contribution < -0.4 is 0 Å². The van der Waals surface area contributed by atoms with Gasteiger partial charge in [-0.1, -0.05) is 0 Å². The SMILES string of the molecule is CC(C)(C)OC(=O)N1C(C(=O)O)COC12CCOC2. The van der Waals surface area contributed by atoms with E-state index in [4.69, 9.17) is 14.2 Å². The first-order chi connectivity index (χ1) is 8.75. The van der Waals surface area contributed by atoms with Crippen LogP contribution >= 0.6 is 0 Å². The van der Waals surface area contributed by atoms with Crippen molar-refractivity contribution in [3.63, 3.8) is 0 Å². The molecule has 0 aromatic rings. The van der Waals surface area contributed by atoms with Gasteiger partial charge < -0.3 is 19.3 Å². The Kier molecular flexibility index (Phi) is 3.44. The van der Waals surface area contributed by atoms with Gasteiger partial charge in [-0.15, -0.1) is 0 Å². The summed E-state index contributed by atoms with van der Waals surface area (Å²) < 4.78 is 16.1. The fraction of sp³-hybridized carbons (Fsp3) is 0.833. The molecule has 2 atom stereocenters. The Labute approximate surface area is 111 Å². The van der Waals surface area contributed by atoms with E-state index >= 15 is 0 Å². The number of hydrogen-bond donors (Lipinski definition) is 1. The van der Waals surface area contributed by atoms with Crippen LogP contribution in [0.1, 0.15) is 27.2 Å². The van der Waals surface area contributed by atoms with Crippen molar-refractivity contribution >= 4 is 12.1 Å². The van der Waals surface area contributed by atoms with Crippen LogP contribution in [0.25, 0.3) is 0 Å². The van der Waals surface area contributed by atoms with Crippen molar-refractivity contribution in [1.29, 1.82) is 0 Å². The Morgan fingerprint density at radius 2 is 2.11 bits per heavy atom. The van der Waals surface area contributed by atoms with E-state index in [9.17, 15) is 14.7 Å². The van der Waals surface area contributed by atoms with Gasteiger partial charge in [0.1, 0.15) is 5.60 Å². The van der Waals surface area contributed by atoms with Gasteiger partial charge >= 0.3 is 12.1 Å². The van der Waals surface area contributed by atoms with Crippen LogP contribution in [0.2, 0.25) is 0 Å². The lowest BCUT2D eigenvalue weighted by molar-refractivity contribution is -0.143. The number of carboxylic acids is 1. The molecule has 0 bridgehead atoms. The smallest absolute Gasteiger partial charge is 0.413 e.